The first-order chi connectivity index (χ1) is 8.58. The van der Waals surface area contributed by atoms with Gasteiger partial charge >= 0.3 is 0 Å². The Labute approximate surface area is 107 Å². The van der Waals surface area contributed by atoms with Gasteiger partial charge in [-0.25, -0.2) is 8.78 Å². The predicted molar refractivity (Wildman–Crippen MR) is 66.5 cm³/mol. The normalized spacial score (nSPS) is 10.4. The second-order valence-electron chi connectivity index (χ2n) is 3.87. The van der Waals surface area contributed by atoms with Crippen LogP contribution in [0, 0.1) is 11.6 Å². The lowest BCUT2D eigenvalue weighted by Crippen LogP contribution is -2.25. The van der Waals surface area contributed by atoms with Gasteiger partial charge < -0.3 is 4.90 Å². The molecule has 0 fully saturated rings. The third-order valence-electron chi connectivity index (χ3n) is 2.50. The molecule has 0 saturated heterocycles. The highest BCUT2D eigenvalue weighted by atomic mass is 32.1. The minimum Gasteiger partial charge on any atom is -0.337 e. The second-order valence-corrected chi connectivity index (χ2v) is 4.82. The van der Waals surface area contributed by atoms with Crippen LogP contribution in [0.15, 0.2) is 35.7 Å². The lowest BCUT2D eigenvalue weighted by atomic mass is 10.2. The number of carbonyl (C=O) groups is 1. The van der Waals surface area contributed by atoms with Gasteiger partial charge in [0.2, 0.25) is 0 Å². The fraction of sp³-hybridized carbons (Fsp3) is 0.154. The third kappa shape index (κ3) is 2.73. The molecule has 1 heterocycles. The molecule has 5 heteroatoms. The van der Waals surface area contributed by atoms with Gasteiger partial charge in [0.25, 0.3) is 5.91 Å². The average Bonchev–Trinajstić information content (AvgIpc) is 2.85. The zero-order valence-electron chi connectivity index (χ0n) is 9.69. The summed E-state index contributed by atoms with van der Waals surface area (Å²) in [5.41, 5.74) is 0.295. The Bertz CT molecular complexity index is 554. The smallest absolute Gasteiger partial charge is 0.263 e. The van der Waals surface area contributed by atoms with Crippen LogP contribution in [0.25, 0.3) is 0 Å². The summed E-state index contributed by atoms with van der Waals surface area (Å²) in [6.07, 6.45) is 0. The van der Waals surface area contributed by atoms with E-state index < -0.39 is 11.6 Å². The second kappa shape index (κ2) is 5.27. The summed E-state index contributed by atoms with van der Waals surface area (Å²) in [7, 11) is 1.59. The van der Waals surface area contributed by atoms with Gasteiger partial charge in [-0.05, 0) is 17.5 Å². The maximum atomic E-state index is 13.4. The third-order valence-corrected chi connectivity index (χ3v) is 3.36. The van der Waals surface area contributed by atoms with Crippen molar-refractivity contribution in [1.29, 1.82) is 0 Å². The van der Waals surface area contributed by atoms with Gasteiger partial charge in [-0.1, -0.05) is 12.1 Å². The molecule has 2 rings (SSSR count). The lowest BCUT2D eigenvalue weighted by Gasteiger charge is -2.16. The summed E-state index contributed by atoms with van der Waals surface area (Å²) in [5, 5.41) is 1.81. The first kappa shape index (κ1) is 12.7. The lowest BCUT2D eigenvalue weighted by molar-refractivity contribution is 0.0788. The number of carbonyl (C=O) groups excluding carboxylic acids is 1. The van der Waals surface area contributed by atoms with Crippen molar-refractivity contribution in [3.05, 3.63) is 57.8 Å². The molecular formula is C13H11F2NOS. The van der Waals surface area contributed by atoms with Crippen molar-refractivity contribution in [2.45, 2.75) is 6.54 Å². The molecular weight excluding hydrogens is 256 g/mol. The number of benzene rings is 1. The Kier molecular flexibility index (Phi) is 3.72. The Hall–Kier alpha value is -1.75. The van der Waals surface area contributed by atoms with E-state index in [1.165, 1.54) is 28.4 Å². The zero-order chi connectivity index (χ0) is 13.1. The molecule has 0 aliphatic rings. The van der Waals surface area contributed by atoms with Gasteiger partial charge in [-0.3, -0.25) is 4.79 Å². The first-order valence-corrected chi connectivity index (χ1v) is 6.19. The minimum absolute atomic E-state index is 0.114. The summed E-state index contributed by atoms with van der Waals surface area (Å²) < 4.78 is 26.2. The van der Waals surface area contributed by atoms with Gasteiger partial charge in [-0.15, -0.1) is 11.3 Å². The van der Waals surface area contributed by atoms with Gasteiger partial charge in [0, 0.05) is 25.2 Å². The highest BCUT2D eigenvalue weighted by molar-refractivity contribution is 7.12. The van der Waals surface area contributed by atoms with E-state index in [2.05, 4.69) is 0 Å². The van der Waals surface area contributed by atoms with Crippen molar-refractivity contribution in [3.8, 4) is 0 Å². The van der Waals surface area contributed by atoms with Crippen LogP contribution in [0.5, 0.6) is 0 Å². The summed E-state index contributed by atoms with van der Waals surface area (Å²) in [4.78, 5) is 13.9. The molecule has 0 spiro atoms. The summed E-state index contributed by atoms with van der Waals surface area (Å²) in [6.45, 7) is 0.114. The molecule has 0 bridgehead atoms. The Balaban J connectivity index is 2.11. The van der Waals surface area contributed by atoms with Crippen molar-refractivity contribution in [1.82, 2.24) is 4.90 Å². The fourth-order valence-electron chi connectivity index (χ4n) is 1.57. The van der Waals surface area contributed by atoms with Crippen molar-refractivity contribution in [2.24, 2.45) is 0 Å². The predicted octanol–water partition coefficient (Wildman–Crippen LogP) is 3.30. The number of thiophene rings is 1. The van der Waals surface area contributed by atoms with Crippen LogP contribution in [0.2, 0.25) is 0 Å². The summed E-state index contributed by atoms with van der Waals surface area (Å²) >= 11 is 1.33. The van der Waals surface area contributed by atoms with E-state index in [9.17, 15) is 13.6 Å². The van der Waals surface area contributed by atoms with E-state index in [-0.39, 0.29) is 12.5 Å². The molecule has 2 nitrogen and oxygen atoms in total. The highest BCUT2D eigenvalue weighted by Crippen LogP contribution is 2.15. The maximum Gasteiger partial charge on any atom is 0.263 e. The number of halogens is 2. The first-order valence-electron chi connectivity index (χ1n) is 5.31. The molecule has 1 aromatic heterocycles. The van der Waals surface area contributed by atoms with Crippen LogP contribution in [-0.4, -0.2) is 17.9 Å². The average molecular weight is 267 g/mol. The topological polar surface area (TPSA) is 20.3 Å². The Morgan fingerprint density at radius 1 is 1.33 bits per heavy atom. The van der Waals surface area contributed by atoms with Crippen LogP contribution < -0.4 is 0 Å². The van der Waals surface area contributed by atoms with Crippen molar-refractivity contribution >= 4 is 17.2 Å². The maximum absolute atomic E-state index is 13.4. The molecule has 0 saturated carbocycles. The molecule has 0 aliphatic heterocycles. The van der Waals surface area contributed by atoms with Crippen molar-refractivity contribution < 1.29 is 13.6 Å². The minimum atomic E-state index is -0.638. The number of amides is 1. The zero-order valence-corrected chi connectivity index (χ0v) is 10.5. The molecule has 2 aromatic rings. The molecule has 0 unspecified atom stereocenters. The van der Waals surface area contributed by atoms with E-state index in [1.807, 2.05) is 0 Å². The van der Waals surface area contributed by atoms with E-state index in [1.54, 1.807) is 24.6 Å². The van der Waals surface area contributed by atoms with Crippen LogP contribution >= 0.6 is 11.3 Å². The van der Waals surface area contributed by atoms with Gasteiger partial charge in [0.05, 0.1) is 4.88 Å². The monoisotopic (exact) mass is 267 g/mol. The van der Waals surface area contributed by atoms with Gasteiger partial charge in [0.1, 0.15) is 11.6 Å². The number of nitrogens with zero attached hydrogens (tertiary/aromatic N) is 1. The molecule has 1 amide bonds. The largest absolute Gasteiger partial charge is 0.337 e. The molecule has 0 N–H and O–H groups in total. The molecule has 18 heavy (non-hydrogen) atoms. The van der Waals surface area contributed by atoms with E-state index >= 15 is 0 Å². The Morgan fingerprint density at radius 3 is 2.72 bits per heavy atom. The molecule has 0 radical (unpaired) electrons. The van der Waals surface area contributed by atoms with Crippen LogP contribution in [0.1, 0.15) is 15.2 Å². The standard InChI is InChI=1S/C13H11F2NOS/c1-16(13(17)12-3-2-6-18-12)8-9-4-5-10(14)7-11(9)15/h2-7H,8H2,1H3. The quantitative estimate of drug-likeness (QED) is 0.835. The van der Waals surface area contributed by atoms with Gasteiger partial charge in [0.15, 0.2) is 0 Å². The fourth-order valence-corrected chi connectivity index (χ4v) is 2.28. The van der Waals surface area contributed by atoms with Crippen LogP contribution in [0.4, 0.5) is 8.78 Å². The molecule has 0 atom stereocenters. The number of rotatable bonds is 3. The SMILES string of the molecule is CN(Cc1ccc(F)cc1F)C(=O)c1cccs1. The molecule has 94 valence electrons. The van der Waals surface area contributed by atoms with Crippen LogP contribution in [0.3, 0.4) is 0 Å². The number of hydrogen-bond acceptors (Lipinski definition) is 2. The van der Waals surface area contributed by atoms with Crippen LogP contribution in [-0.2, 0) is 6.54 Å². The summed E-state index contributed by atoms with van der Waals surface area (Å²) in [6, 6.07) is 6.85. The highest BCUT2D eigenvalue weighted by Gasteiger charge is 2.14. The number of hydrogen-bond donors (Lipinski definition) is 0. The summed E-state index contributed by atoms with van der Waals surface area (Å²) in [5.74, 6) is -1.43. The van der Waals surface area contributed by atoms with Crippen molar-refractivity contribution in [3.63, 3.8) is 0 Å². The molecule has 0 aliphatic carbocycles. The van der Waals surface area contributed by atoms with E-state index in [4.69, 9.17) is 0 Å². The van der Waals surface area contributed by atoms with E-state index in [0.29, 0.717) is 10.4 Å². The Morgan fingerprint density at radius 2 is 2.11 bits per heavy atom. The van der Waals surface area contributed by atoms with Gasteiger partial charge in [-0.2, -0.15) is 0 Å². The van der Waals surface area contributed by atoms with E-state index in [0.717, 1.165) is 6.07 Å². The van der Waals surface area contributed by atoms with Crippen molar-refractivity contribution in [2.75, 3.05) is 7.05 Å². The molecule has 1 aromatic carbocycles.